The van der Waals surface area contributed by atoms with Gasteiger partial charge in [-0.05, 0) is 48.7 Å². The number of aryl methyl sites for hydroxylation is 1. The molecule has 1 atom stereocenters. The van der Waals surface area contributed by atoms with Crippen LogP contribution in [0.1, 0.15) is 16.7 Å². The van der Waals surface area contributed by atoms with Crippen molar-refractivity contribution in [3.8, 4) is 6.07 Å². The van der Waals surface area contributed by atoms with Gasteiger partial charge in [-0.1, -0.05) is 87.9 Å². The molecule has 1 N–H and O–H groups in total. The highest BCUT2D eigenvalue weighted by atomic mass is 79.9. The van der Waals surface area contributed by atoms with Gasteiger partial charge in [-0.2, -0.15) is 5.26 Å². The zero-order valence-electron chi connectivity index (χ0n) is 18.5. The van der Waals surface area contributed by atoms with E-state index in [0.717, 1.165) is 21.2 Å². The number of anilines is 1. The average molecular weight is 532 g/mol. The minimum atomic E-state index is -0.497. The maximum absolute atomic E-state index is 13.5. The first-order valence-corrected chi connectivity index (χ1v) is 12.4. The predicted octanol–water partition coefficient (Wildman–Crippen LogP) is 5.50. The molecule has 0 aliphatic carbocycles. The average Bonchev–Trinajstić information content (AvgIpc) is 3.16. The Balaban J connectivity index is 1.66. The van der Waals surface area contributed by atoms with E-state index in [1.165, 1.54) is 16.7 Å². The van der Waals surface area contributed by atoms with Crippen LogP contribution in [0.2, 0.25) is 0 Å². The molecule has 4 rings (SSSR count). The fraction of sp³-hybridized carbons (Fsp3) is 0.148. The van der Waals surface area contributed by atoms with Crippen LogP contribution in [-0.4, -0.2) is 17.1 Å². The number of amides is 2. The second-order valence-corrected chi connectivity index (χ2v) is 10.0. The van der Waals surface area contributed by atoms with Gasteiger partial charge in [0.25, 0.3) is 5.91 Å². The van der Waals surface area contributed by atoms with Crippen molar-refractivity contribution in [1.82, 2.24) is 5.32 Å². The highest BCUT2D eigenvalue weighted by Gasteiger charge is 2.40. The quantitative estimate of drug-likeness (QED) is 0.336. The van der Waals surface area contributed by atoms with Crippen LogP contribution in [0.15, 0.2) is 93.9 Å². The van der Waals surface area contributed by atoms with Crippen molar-refractivity contribution < 1.29 is 9.59 Å². The van der Waals surface area contributed by atoms with E-state index in [9.17, 15) is 14.9 Å². The van der Waals surface area contributed by atoms with Gasteiger partial charge in [0.1, 0.15) is 16.7 Å². The Kier molecular flexibility index (Phi) is 7.51. The molecule has 1 aliphatic rings. The fourth-order valence-electron chi connectivity index (χ4n) is 3.62. The van der Waals surface area contributed by atoms with Gasteiger partial charge in [-0.15, -0.1) is 0 Å². The fourth-order valence-corrected chi connectivity index (χ4v) is 5.19. The first-order chi connectivity index (χ1) is 16.5. The van der Waals surface area contributed by atoms with Gasteiger partial charge in [0.2, 0.25) is 5.91 Å². The number of carbonyl (C=O) groups excluding carboxylic acids is 2. The van der Waals surface area contributed by atoms with Crippen LogP contribution in [0.4, 0.5) is 5.69 Å². The molecule has 3 aromatic carbocycles. The van der Waals surface area contributed by atoms with E-state index in [1.54, 1.807) is 0 Å². The van der Waals surface area contributed by atoms with Crippen molar-refractivity contribution in [2.24, 2.45) is 0 Å². The molecule has 0 radical (unpaired) electrons. The lowest BCUT2D eigenvalue weighted by Gasteiger charge is -2.19. The zero-order valence-corrected chi connectivity index (χ0v) is 20.9. The zero-order chi connectivity index (χ0) is 24.1. The second-order valence-electron chi connectivity index (χ2n) is 7.91. The Morgan fingerprint density at radius 3 is 2.35 bits per heavy atom. The number of nitriles is 1. The summed E-state index contributed by atoms with van der Waals surface area (Å²) in [4.78, 5) is 28.1. The number of rotatable bonds is 6. The van der Waals surface area contributed by atoms with Crippen molar-refractivity contribution in [2.75, 3.05) is 4.90 Å². The van der Waals surface area contributed by atoms with Gasteiger partial charge in [-0.3, -0.25) is 14.5 Å². The lowest BCUT2D eigenvalue weighted by molar-refractivity contribution is -0.117. The van der Waals surface area contributed by atoms with E-state index in [-0.39, 0.29) is 11.5 Å². The highest BCUT2D eigenvalue weighted by Crippen LogP contribution is 2.42. The molecule has 3 aromatic rings. The Bertz CT molecular complexity index is 1270. The van der Waals surface area contributed by atoms with E-state index in [0.29, 0.717) is 23.7 Å². The molecule has 2 amide bonds. The van der Waals surface area contributed by atoms with Crippen LogP contribution in [0.3, 0.4) is 0 Å². The molecule has 1 saturated heterocycles. The van der Waals surface area contributed by atoms with Gasteiger partial charge in [0.05, 0.1) is 5.25 Å². The maximum Gasteiger partial charge on any atom is 0.264 e. The Morgan fingerprint density at radius 1 is 1.03 bits per heavy atom. The van der Waals surface area contributed by atoms with E-state index >= 15 is 0 Å². The number of hydrogen-bond acceptors (Lipinski definition) is 4. The highest BCUT2D eigenvalue weighted by molar-refractivity contribution is 9.10. The summed E-state index contributed by atoms with van der Waals surface area (Å²) < 4.78 is 0.963. The Labute approximate surface area is 211 Å². The number of halogens is 1. The summed E-state index contributed by atoms with van der Waals surface area (Å²) in [5, 5.41) is 12.7. The number of benzene rings is 3. The lowest BCUT2D eigenvalue weighted by Crippen LogP contribution is -2.32. The molecule has 0 saturated carbocycles. The number of nitrogens with zero attached hydrogens (tertiary/aromatic N) is 2. The third-order valence-electron chi connectivity index (χ3n) is 5.43. The number of nitrogens with one attached hydrogen (secondary N) is 1. The van der Waals surface area contributed by atoms with Gasteiger partial charge in [-0.25, -0.2) is 0 Å². The molecule has 170 valence electrons. The Morgan fingerprint density at radius 2 is 1.71 bits per heavy atom. The normalized spacial score (nSPS) is 16.8. The molecule has 34 heavy (non-hydrogen) atoms. The molecule has 1 fully saturated rings. The van der Waals surface area contributed by atoms with Crippen LogP contribution < -0.4 is 10.2 Å². The summed E-state index contributed by atoms with van der Waals surface area (Å²) in [6, 6.07) is 26.8. The van der Waals surface area contributed by atoms with E-state index in [4.69, 9.17) is 0 Å². The molecular weight excluding hydrogens is 510 g/mol. The smallest absolute Gasteiger partial charge is 0.264 e. The van der Waals surface area contributed by atoms with E-state index in [1.807, 2.05) is 85.8 Å². The standard InChI is InChI=1S/C27H22BrN3O2S/c1-18-7-13-22(14-8-18)31-26(33)24(15-19-9-11-21(28)12-10-19)34-27(31)23(16-29)25(32)30-17-20-5-3-2-4-6-20/h2-14,24H,15,17H2,1H3,(H,30,32). The summed E-state index contributed by atoms with van der Waals surface area (Å²) in [6.45, 7) is 2.26. The van der Waals surface area contributed by atoms with Gasteiger partial charge < -0.3 is 5.32 Å². The third kappa shape index (κ3) is 5.41. The third-order valence-corrected chi connectivity index (χ3v) is 7.22. The van der Waals surface area contributed by atoms with Crippen LogP contribution in [-0.2, 0) is 22.6 Å². The minimum absolute atomic E-state index is 0.0619. The Hall–Kier alpha value is -3.34. The molecule has 1 aliphatic heterocycles. The summed E-state index contributed by atoms with van der Waals surface area (Å²) in [6.07, 6.45) is 0.493. The summed E-state index contributed by atoms with van der Waals surface area (Å²) in [5.74, 6) is -0.640. The molecule has 0 spiro atoms. The first kappa shape index (κ1) is 23.8. The first-order valence-electron chi connectivity index (χ1n) is 10.7. The largest absolute Gasteiger partial charge is 0.347 e. The van der Waals surface area contributed by atoms with Crippen LogP contribution >= 0.6 is 27.7 Å². The van der Waals surface area contributed by atoms with Crippen molar-refractivity contribution >= 4 is 45.2 Å². The van der Waals surface area contributed by atoms with Crippen LogP contribution in [0, 0.1) is 18.3 Å². The van der Waals surface area contributed by atoms with Crippen LogP contribution in [0.25, 0.3) is 0 Å². The number of thioether (sulfide) groups is 1. The summed E-state index contributed by atoms with van der Waals surface area (Å²) in [7, 11) is 0. The minimum Gasteiger partial charge on any atom is -0.347 e. The number of hydrogen-bond donors (Lipinski definition) is 1. The monoisotopic (exact) mass is 531 g/mol. The van der Waals surface area contributed by atoms with E-state index in [2.05, 4.69) is 27.3 Å². The molecule has 0 aromatic heterocycles. The van der Waals surface area contributed by atoms with Crippen molar-refractivity contribution in [3.05, 3.63) is 111 Å². The SMILES string of the molecule is Cc1ccc(N2C(=O)C(Cc3ccc(Br)cc3)SC2=C(C#N)C(=O)NCc2ccccc2)cc1. The van der Waals surface area contributed by atoms with Crippen molar-refractivity contribution in [2.45, 2.75) is 25.1 Å². The summed E-state index contributed by atoms with van der Waals surface area (Å²) in [5.41, 5.74) is 3.57. The van der Waals surface area contributed by atoms with Crippen molar-refractivity contribution in [1.29, 1.82) is 5.26 Å². The van der Waals surface area contributed by atoms with Gasteiger partial charge >= 0.3 is 0 Å². The predicted molar refractivity (Wildman–Crippen MR) is 139 cm³/mol. The maximum atomic E-state index is 13.5. The number of carbonyl (C=O) groups is 2. The lowest BCUT2D eigenvalue weighted by atomic mass is 10.1. The molecule has 1 unspecified atom stereocenters. The second kappa shape index (κ2) is 10.7. The topological polar surface area (TPSA) is 73.2 Å². The molecule has 5 nitrogen and oxygen atoms in total. The van der Waals surface area contributed by atoms with E-state index < -0.39 is 11.2 Å². The molecule has 7 heteroatoms. The molecule has 1 heterocycles. The van der Waals surface area contributed by atoms with Crippen molar-refractivity contribution in [3.63, 3.8) is 0 Å². The molecular formula is C27H22BrN3O2S. The molecule has 0 bridgehead atoms. The van der Waals surface area contributed by atoms with Crippen LogP contribution in [0.5, 0.6) is 0 Å². The van der Waals surface area contributed by atoms with Gasteiger partial charge in [0, 0.05) is 16.7 Å². The van der Waals surface area contributed by atoms with Gasteiger partial charge in [0.15, 0.2) is 0 Å². The summed E-state index contributed by atoms with van der Waals surface area (Å²) >= 11 is 4.70.